The minimum atomic E-state index is 0.0482. The molecule has 0 aromatic carbocycles. The summed E-state index contributed by atoms with van der Waals surface area (Å²) >= 11 is 1.55. The molecule has 1 aliphatic carbocycles. The highest BCUT2D eigenvalue weighted by Crippen LogP contribution is 2.40. The highest BCUT2D eigenvalue weighted by molar-refractivity contribution is 7.16. The average molecular weight is 265 g/mol. The molecule has 0 amide bonds. The lowest BCUT2D eigenvalue weighted by Crippen LogP contribution is -2.13. The van der Waals surface area contributed by atoms with Gasteiger partial charge in [-0.25, -0.2) is 0 Å². The molecule has 2 atom stereocenters. The summed E-state index contributed by atoms with van der Waals surface area (Å²) in [7, 11) is 0. The maximum atomic E-state index is 6.18. The number of aromatic nitrogens is 4. The molecule has 0 bridgehead atoms. The third kappa shape index (κ3) is 1.65. The molecule has 7 heteroatoms. The first kappa shape index (κ1) is 10.8. The summed E-state index contributed by atoms with van der Waals surface area (Å²) in [5, 5.41) is 13.9. The monoisotopic (exact) mass is 265 g/mol. The SMILES string of the molecule is NC(c1nn2c(C3CCCO3)nnc2s1)C1CC1. The Kier molecular flexibility index (Phi) is 2.39. The van der Waals surface area contributed by atoms with Gasteiger partial charge in [-0.2, -0.15) is 9.61 Å². The van der Waals surface area contributed by atoms with Gasteiger partial charge in [0.25, 0.3) is 0 Å². The Morgan fingerprint density at radius 1 is 1.33 bits per heavy atom. The summed E-state index contributed by atoms with van der Waals surface area (Å²) in [6, 6.07) is 0.0639. The Hall–Kier alpha value is -1.05. The average Bonchev–Trinajstić information content (AvgIpc) is 2.79. The normalized spacial score (nSPS) is 25.9. The number of nitrogens with two attached hydrogens (primary N) is 1. The number of hydrogen-bond donors (Lipinski definition) is 1. The van der Waals surface area contributed by atoms with Gasteiger partial charge in [-0.3, -0.25) is 0 Å². The van der Waals surface area contributed by atoms with Gasteiger partial charge in [-0.05, 0) is 31.6 Å². The standard InChI is InChI=1S/C11H15N5OS/c12-8(6-3-4-6)10-15-16-9(7-2-1-5-17-7)13-14-11(16)18-10/h6-8H,1-5,12H2. The number of nitrogens with zero attached hydrogens (tertiary/aromatic N) is 4. The summed E-state index contributed by atoms with van der Waals surface area (Å²) in [5.41, 5.74) is 6.18. The van der Waals surface area contributed by atoms with E-state index in [-0.39, 0.29) is 12.1 Å². The van der Waals surface area contributed by atoms with E-state index in [4.69, 9.17) is 10.5 Å². The summed E-state index contributed by atoms with van der Waals surface area (Å²) in [6.45, 7) is 0.804. The Balaban J connectivity index is 1.71. The zero-order valence-electron chi connectivity index (χ0n) is 9.95. The lowest BCUT2D eigenvalue weighted by atomic mass is 10.2. The van der Waals surface area contributed by atoms with Crippen molar-refractivity contribution >= 4 is 16.3 Å². The number of hydrogen-bond acceptors (Lipinski definition) is 6. The van der Waals surface area contributed by atoms with E-state index in [2.05, 4.69) is 15.3 Å². The molecule has 1 saturated carbocycles. The van der Waals surface area contributed by atoms with Crippen LogP contribution in [0.4, 0.5) is 0 Å². The molecule has 2 N–H and O–H groups in total. The van der Waals surface area contributed by atoms with Crippen molar-refractivity contribution in [2.45, 2.75) is 37.8 Å². The zero-order valence-corrected chi connectivity index (χ0v) is 10.8. The van der Waals surface area contributed by atoms with Gasteiger partial charge in [0.2, 0.25) is 4.96 Å². The van der Waals surface area contributed by atoms with Gasteiger partial charge < -0.3 is 10.5 Å². The second-order valence-corrected chi connectivity index (χ2v) is 6.05. The van der Waals surface area contributed by atoms with Crippen LogP contribution in [0.15, 0.2) is 0 Å². The largest absolute Gasteiger partial charge is 0.370 e. The second-order valence-electron chi connectivity index (χ2n) is 5.06. The van der Waals surface area contributed by atoms with E-state index in [1.807, 2.05) is 4.52 Å². The van der Waals surface area contributed by atoms with Crippen molar-refractivity contribution in [2.75, 3.05) is 6.61 Å². The first-order valence-corrected chi connectivity index (χ1v) is 7.24. The zero-order chi connectivity index (χ0) is 12.1. The van der Waals surface area contributed by atoms with Crippen LogP contribution in [0.1, 0.15) is 48.7 Å². The molecule has 1 aliphatic heterocycles. The van der Waals surface area contributed by atoms with Gasteiger partial charge in [-0.1, -0.05) is 11.3 Å². The van der Waals surface area contributed by atoms with Crippen molar-refractivity contribution in [3.8, 4) is 0 Å². The molecule has 18 heavy (non-hydrogen) atoms. The van der Waals surface area contributed by atoms with Crippen molar-refractivity contribution in [1.29, 1.82) is 0 Å². The van der Waals surface area contributed by atoms with Crippen LogP contribution < -0.4 is 5.73 Å². The van der Waals surface area contributed by atoms with Crippen LogP contribution in [0.2, 0.25) is 0 Å². The third-order valence-corrected chi connectivity index (χ3v) is 4.66. The van der Waals surface area contributed by atoms with E-state index in [0.29, 0.717) is 5.92 Å². The van der Waals surface area contributed by atoms with Crippen LogP contribution >= 0.6 is 11.3 Å². The Morgan fingerprint density at radius 3 is 2.94 bits per heavy atom. The first-order valence-electron chi connectivity index (χ1n) is 6.42. The highest BCUT2D eigenvalue weighted by Gasteiger charge is 2.33. The van der Waals surface area contributed by atoms with Crippen molar-refractivity contribution in [1.82, 2.24) is 19.8 Å². The van der Waals surface area contributed by atoms with E-state index in [1.165, 1.54) is 12.8 Å². The van der Waals surface area contributed by atoms with Crippen LogP contribution in [0, 0.1) is 5.92 Å². The lowest BCUT2D eigenvalue weighted by molar-refractivity contribution is 0.103. The summed E-state index contributed by atoms with van der Waals surface area (Å²) in [4.78, 5) is 0.826. The van der Waals surface area contributed by atoms with Crippen LogP contribution in [0.25, 0.3) is 4.96 Å². The molecule has 6 nitrogen and oxygen atoms in total. The van der Waals surface area contributed by atoms with Crippen LogP contribution in [0.5, 0.6) is 0 Å². The molecule has 0 spiro atoms. The fraction of sp³-hybridized carbons (Fsp3) is 0.727. The van der Waals surface area contributed by atoms with Crippen LogP contribution in [-0.2, 0) is 4.74 Å². The fourth-order valence-electron chi connectivity index (χ4n) is 2.42. The molecular weight excluding hydrogens is 250 g/mol. The molecule has 2 unspecified atom stereocenters. The predicted octanol–water partition coefficient (Wildman–Crippen LogP) is 1.45. The van der Waals surface area contributed by atoms with Crippen molar-refractivity contribution in [2.24, 2.45) is 11.7 Å². The van der Waals surface area contributed by atoms with E-state index in [0.717, 1.165) is 35.2 Å². The molecular formula is C11H15N5OS. The van der Waals surface area contributed by atoms with Gasteiger partial charge >= 0.3 is 0 Å². The molecule has 96 valence electrons. The summed E-state index contributed by atoms with van der Waals surface area (Å²) in [6.07, 6.45) is 4.58. The van der Waals surface area contributed by atoms with Crippen LogP contribution in [-0.4, -0.2) is 26.4 Å². The smallest absolute Gasteiger partial charge is 0.234 e. The minimum Gasteiger partial charge on any atom is -0.370 e. The van der Waals surface area contributed by atoms with Gasteiger partial charge in [-0.15, -0.1) is 10.2 Å². The number of rotatable bonds is 3. The Morgan fingerprint density at radius 2 is 2.22 bits per heavy atom. The van der Waals surface area contributed by atoms with Gasteiger partial charge in [0, 0.05) is 6.61 Å². The third-order valence-electron chi connectivity index (χ3n) is 3.66. The van der Waals surface area contributed by atoms with E-state index in [1.54, 1.807) is 11.3 Å². The van der Waals surface area contributed by atoms with Gasteiger partial charge in [0.05, 0.1) is 6.04 Å². The van der Waals surface area contributed by atoms with Crippen molar-refractivity contribution in [3.05, 3.63) is 10.8 Å². The van der Waals surface area contributed by atoms with Gasteiger partial charge in [0.1, 0.15) is 11.1 Å². The molecule has 1 saturated heterocycles. The maximum Gasteiger partial charge on any atom is 0.234 e. The molecule has 0 radical (unpaired) electrons. The van der Waals surface area contributed by atoms with Crippen molar-refractivity contribution in [3.63, 3.8) is 0 Å². The minimum absolute atomic E-state index is 0.0482. The fourth-order valence-corrected chi connectivity index (χ4v) is 3.36. The predicted molar refractivity (Wildman–Crippen MR) is 66.2 cm³/mol. The van der Waals surface area contributed by atoms with E-state index in [9.17, 15) is 0 Å². The molecule has 2 fully saturated rings. The Bertz CT molecular complexity index is 569. The van der Waals surface area contributed by atoms with Gasteiger partial charge in [0.15, 0.2) is 5.82 Å². The molecule has 4 rings (SSSR count). The second kappa shape index (κ2) is 3.97. The number of ether oxygens (including phenoxy) is 1. The summed E-state index contributed by atoms with van der Waals surface area (Å²) < 4.78 is 7.46. The molecule has 3 heterocycles. The van der Waals surface area contributed by atoms with Crippen molar-refractivity contribution < 1.29 is 4.74 Å². The first-order chi connectivity index (χ1) is 8.83. The molecule has 2 aliphatic rings. The van der Waals surface area contributed by atoms with Crippen LogP contribution in [0.3, 0.4) is 0 Å². The molecule has 2 aromatic heterocycles. The lowest BCUT2D eigenvalue weighted by Gasteiger charge is -2.05. The van der Waals surface area contributed by atoms with E-state index < -0.39 is 0 Å². The van der Waals surface area contributed by atoms with E-state index >= 15 is 0 Å². The molecule has 2 aromatic rings. The maximum absolute atomic E-state index is 6.18. The quantitative estimate of drug-likeness (QED) is 0.908. The highest BCUT2D eigenvalue weighted by atomic mass is 32.1. The Labute approximate surface area is 108 Å². The number of fused-ring (bicyclic) bond motifs is 1. The topological polar surface area (TPSA) is 78.3 Å². The summed E-state index contributed by atoms with van der Waals surface area (Å²) in [5.74, 6) is 1.44.